The zero-order valence-electron chi connectivity index (χ0n) is 15.9. The van der Waals surface area contributed by atoms with Gasteiger partial charge in [0.15, 0.2) is 0 Å². The van der Waals surface area contributed by atoms with Crippen LogP contribution in [0, 0.1) is 5.92 Å². The molecule has 1 unspecified atom stereocenters. The van der Waals surface area contributed by atoms with E-state index in [2.05, 4.69) is 10.6 Å². The van der Waals surface area contributed by atoms with Gasteiger partial charge in [-0.1, -0.05) is 0 Å². The summed E-state index contributed by atoms with van der Waals surface area (Å²) < 4.78 is 32.0. The molecule has 2 rings (SSSR count). The maximum absolute atomic E-state index is 12.8. The van der Waals surface area contributed by atoms with Gasteiger partial charge in [-0.15, -0.1) is 0 Å². The monoisotopic (exact) mass is 397 g/mol. The highest BCUT2D eigenvalue weighted by Gasteiger charge is 2.33. The van der Waals surface area contributed by atoms with E-state index in [0.717, 1.165) is 0 Å². The highest BCUT2D eigenvalue weighted by molar-refractivity contribution is 7.89. The average molecular weight is 397 g/mol. The molecule has 1 aliphatic heterocycles. The molecule has 150 valence electrons. The van der Waals surface area contributed by atoms with Crippen LogP contribution in [0.1, 0.15) is 26.7 Å². The fraction of sp³-hybridized carbons (Fsp3) is 0.556. The Morgan fingerprint density at radius 3 is 2.52 bits per heavy atom. The highest BCUT2D eigenvalue weighted by atomic mass is 32.2. The number of carbonyl (C=O) groups is 2. The van der Waals surface area contributed by atoms with Crippen molar-refractivity contribution in [1.82, 2.24) is 14.9 Å². The van der Waals surface area contributed by atoms with E-state index in [1.165, 1.54) is 23.5 Å². The standard InChI is InChI=1S/C18H27N3O5S/c1-13(2)20-17(22)11-19-18(23)14-5-4-10-21(12-14)27(24,25)16-8-6-15(26-3)7-9-16/h6-9,13-14H,4-5,10-12H2,1-3H3,(H,19,23)(H,20,22). The number of nitrogens with zero attached hydrogens (tertiary/aromatic N) is 1. The summed E-state index contributed by atoms with van der Waals surface area (Å²) in [5.41, 5.74) is 0. The lowest BCUT2D eigenvalue weighted by molar-refractivity contribution is -0.129. The second-order valence-corrected chi connectivity index (χ2v) is 8.76. The van der Waals surface area contributed by atoms with Crippen LogP contribution >= 0.6 is 0 Å². The molecular formula is C18H27N3O5S. The van der Waals surface area contributed by atoms with Crippen molar-refractivity contribution in [1.29, 1.82) is 0 Å². The van der Waals surface area contributed by atoms with Gasteiger partial charge in [-0.25, -0.2) is 8.42 Å². The average Bonchev–Trinajstić information content (AvgIpc) is 2.65. The minimum atomic E-state index is -3.68. The van der Waals surface area contributed by atoms with Crippen molar-refractivity contribution < 1.29 is 22.7 Å². The van der Waals surface area contributed by atoms with Crippen LogP contribution in [0.4, 0.5) is 0 Å². The van der Waals surface area contributed by atoms with Crippen molar-refractivity contribution in [2.45, 2.75) is 37.6 Å². The molecule has 1 fully saturated rings. The number of piperidine rings is 1. The zero-order chi connectivity index (χ0) is 20.0. The summed E-state index contributed by atoms with van der Waals surface area (Å²) in [6.07, 6.45) is 1.18. The van der Waals surface area contributed by atoms with Crippen LogP contribution in [0.3, 0.4) is 0 Å². The molecule has 1 heterocycles. The molecular weight excluding hydrogens is 370 g/mol. The van der Waals surface area contributed by atoms with Crippen LogP contribution in [0.5, 0.6) is 5.75 Å². The number of hydrogen-bond acceptors (Lipinski definition) is 5. The van der Waals surface area contributed by atoms with E-state index in [9.17, 15) is 18.0 Å². The van der Waals surface area contributed by atoms with Crippen LogP contribution in [0.15, 0.2) is 29.2 Å². The van der Waals surface area contributed by atoms with Gasteiger partial charge in [-0.05, 0) is 51.0 Å². The van der Waals surface area contributed by atoms with E-state index < -0.39 is 15.9 Å². The lowest BCUT2D eigenvalue weighted by Crippen LogP contribution is -2.47. The summed E-state index contributed by atoms with van der Waals surface area (Å²) in [5, 5.41) is 5.29. The van der Waals surface area contributed by atoms with Crippen LogP contribution in [-0.2, 0) is 19.6 Å². The molecule has 0 radical (unpaired) electrons. The topological polar surface area (TPSA) is 105 Å². The van der Waals surface area contributed by atoms with Crippen LogP contribution < -0.4 is 15.4 Å². The molecule has 0 spiro atoms. The maximum Gasteiger partial charge on any atom is 0.243 e. The van der Waals surface area contributed by atoms with E-state index in [1.54, 1.807) is 12.1 Å². The van der Waals surface area contributed by atoms with Gasteiger partial charge >= 0.3 is 0 Å². The number of sulfonamides is 1. The van der Waals surface area contributed by atoms with Crippen molar-refractivity contribution in [2.24, 2.45) is 5.92 Å². The second kappa shape index (κ2) is 9.18. The molecule has 0 aromatic heterocycles. The first kappa shape index (κ1) is 21.2. The molecule has 1 aromatic carbocycles. The molecule has 2 amide bonds. The largest absolute Gasteiger partial charge is 0.497 e. The maximum atomic E-state index is 12.8. The minimum Gasteiger partial charge on any atom is -0.497 e. The molecule has 1 saturated heterocycles. The molecule has 2 N–H and O–H groups in total. The molecule has 8 nitrogen and oxygen atoms in total. The first-order valence-corrected chi connectivity index (χ1v) is 10.4. The van der Waals surface area contributed by atoms with Crippen molar-refractivity contribution >= 4 is 21.8 Å². The van der Waals surface area contributed by atoms with Gasteiger partial charge in [0.05, 0.1) is 24.5 Å². The lowest BCUT2D eigenvalue weighted by atomic mass is 9.99. The Kier molecular flexibility index (Phi) is 7.20. The Morgan fingerprint density at radius 2 is 1.93 bits per heavy atom. The third-order valence-electron chi connectivity index (χ3n) is 4.32. The van der Waals surface area contributed by atoms with E-state index in [4.69, 9.17) is 4.74 Å². The van der Waals surface area contributed by atoms with Crippen molar-refractivity contribution in [2.75, 3.05) is 26.7 Å². The summed E-state index contributed by atoms with van der Waals surface area (Å²) in [4.78, 5) is 24.2. The first-order chi connectivity index (χ1) is 12.7. The first-order valence-electron chi connectivity index (χ1n) is 8.95. The number of hydrogen-bond donors (Lipinski definition) is 2. The van der Waals surface area contributed by atoms with E-state index >= 15 is 0 Å². The molecule has 0 aliphatic carbocycles. The number of benzene rings is 1. The summed E-state index contributed by atoms with van der Waals surface area (Å²) in [5.74, 6) is -0.469. The number of rotatable bonds is 7. The van der Waals surface area contributed by atoms with Gasteiger partial charge in [0.2, 0.25) is 21.8 Å². The molecule has 9 heteroatoms. The molecule has 27 heavy (non-hydrogen) atoms. The van der Waals surface area contributed by atoms with Gasteiger partial charge < -0.3 is 15.4 Å². The van der Waals surface area contributed by atoms with Gasteiger partial charge in [0, 0.05) is 19.1 Å². The summed E-state index contributed by atoms with van der Waals surface area (Å²) >= 11 is 0. The third kappa shape index (κ3) is 5.67. The quantitative estimate of drug-likeness (QED) is 0.706. The summed E-state index contributed by atoms with van der Waals surface area (Å²) in [7, 11) is -2.17. The predicted octanol–water partition coefficient (Wildman–Crippen LogP) is 0.737. The van der Waals surface area contributed by atoms with Crippen molar-refractivity contribution in [3.63, 3.8) is 0 Å². The van der Waals surface area contributed by atoms with E-state index in [1.807, 2.05) is 13.8 Å². The Hall–Kier alpha value is -2.13. The third-order valence-corrected chi connectivity index (χ3v) is 6.20. The number of amides is 2. The molecule has 0 bridgehead atoms. The lowest BCUT2D eigenvalue weighted by Gasteiger charge is -2.31. The Balaban J connectivity index is 1.99. The Labute approximate surface area is 160 Å². The number of methoxy groups -OCH3 is 1. The highest BCUT2D eigenvalue weighted by Crippen LogP contribution is 2.25. The predicted molar refractivity (Wildman–Crippen MR) is 101 cm³/mol. The fourth-order valence-corrected chi connectivity index (χ4v) is 4.48. The molecule has 1 aromatic rings. The SMILES string of the molecule is COc1ccc(S(=O)(=O)N2CCCC(C(=O)NCC(=O)NC(C)C)C2)cc1. The summed E-state index contributed by atoms with van der Waals surface area (Å²) in [6, 6.07) is 6.17. The van der Waals surface area contributed by atoms with Gasteiger partial charge in [0.25, 0.3) is 0 Å². The van der Waals surface area contributed by atoms with E-state index in [0.29, 0.717) is 25.1 Å². The number of ether oxygens (including phenoxy) is 1. The minimum absolute atomic E-state index is 0.00536. The van der Waals surface area contributed by atoms with Crippen LogP contribution in [-0.4, -0.2) is 57.3 Å². The van der Waals surface area contributed by atoms with Crippen LogP contribution in [0.25, 0.3) is 0 Å². The van der Waals surface area contributed by atoms with Crippen LogP contribution in [0.2, 0.25) is 0 Å². The molecule has 0 saturated carbocycles. The Bertz CT molecular complexity index is 762. The second-order valence-electron chi connectivity index (χ2n) is 6.82. The summed E-state index contributed by atoms with van der Waals surface area (Å²) in [6.45, 7) is 4.03. The normalized spacial score (nSPS) is 18.1. The van der Waals surface area contributed by atoms with Gasteiger partial charge in [-0.3, -0.25) is 9.59 Å². The van der Waals surface area contributed by atoms with Crippen molar-refractivity contribution in [3.05, 3.63) is 24.3 Å². The van der Waals surface area contributed by atoms with E-state index in [-0.39, 0.29) is 35.8 Å². The van der Waals surface area contributed by atoms with Gasteiger partial charge in [0.1, 0.15) is 5.75 Å². The zero-order valence-corrected chi connectivity index (χ0v) is 16.7. The molecule has 1 aliphatic rings. The Morgan fingerprint density at radius 1 is 1.26 bits per heavy atom. The number of carbonyl (C=O) groups excluding carboxylic acids is 2. The fourth-order valence-electron chi connectivity index (χ4n) is 2.96. The number of nitrogens with one attached hydrogen (secondary N) is 2. The molecule has 1 atom stereocenters. The smallest absolute Gasteiger partial charge is 0.243 e. The van der Waals surface area contributed by atoms with Crippen molar-refractivity contribution in [3.8, 4) is 5.75 Å². The van der Waals surface area contributed by atoms with Gasteiger partial charge in [-0.2, -0.15) is 4.31 Å².